The van der Waals surface area contributed by atoms with E-state index in [0.29, 0.717) is 29.9 Å². The van der Waals surface area contributed by atoms with Gasteiger partial charge in [0, 0.05) is 32.1 Å². The van der Waals surface area contributed by atoms with Gasteiger partial charge in [-0.05, 0) is 73.0 Å². The Kier molecular flexibility index (Phi) is 7.95. The van der Waals surface area contributed by atoms with Gasteiger partial charge in [0.15, 0.2) is 9.84 Å². The average molecular weight is 584 g/mol. The highest BCUT2D eigenvalue weighted by Gasteiger charge is 2.23. The lowest BCUT2D eigenvalue weighted by Crippen LogP contribution is -2.29. The van der Waals surface area contributed by atoms with Gasteiger partial charge in [-0.25, -0.2) is 18.4 Å². The molecular weight excluding hydrogens is 550 g/mol. The van der Waals surface area contributed by atoms with Crippen LogP contribution in [0.5, 0.6) is 0 Å². The Hall–Kier alpha value is -4.77. The number of carbonyl (C=O) groups is 1. The van der Waals surface area contributed by atoms with Gasteiger partial charge in [-0.3, -0.25) is 14.3 Å². The van der Waals surface area contributed by atoms with Crippen LogP contribution in [-0.2, 0) is 27.1 Å². The maximum Gasteiger partial charge on any atom is 0.230 e. The molecule has 0 saturated carbocycles. The first-order chi connectivity index (χ1) is 20.0. The second-order valence-corrected chi connectivity index (χ2v) is 12.6. The Morgan fingerprint density at radius 3 is 2.31 bits per heavy atom. The van der Waals surface area contributed by atoms with E-state index in [1.165, 1.54) is 6.26 Å². The average Bonchev–Trinajstić information content (AvgIpc) is 3.26. The van der Waals surface area contributed by atoms with Gasteiger partial charge in [0.25, 0.3) is 0 Å². The van der Waals surface area contributed by atoms with E-state index in [1.807, 2.05) is 72.8 Å². The molecule has 0 bridgehead atoms. The number of fused-ring (bicyclic) bond motifs is 1. The van der Waals surface area contributed by atoms with Crippen LogP contribution in [0.25, 0.3) is 11.0 Å². The molecule has 1 N–H and O–H groups in total. The molecule has 0 spiro atoms. The lowest BCUT2D eigenvalue weighted by molar-refractivity contribution is -0.115. The molecule has 3 aromatic carbocycles. The highest BCUT2D eigenvalue weighted by Crippen LogP contribution is 2.31. The Bertz CT molecular complexity index is 1850. The van der Waals surface area contributed by atoms with Crippen molar-refractivity contribution in [2.45, 2.75) is 33.2 Å². The zero-order valence-electron chi connectivity index (χ0n) is 24.2. The maximum atomic E-state index is 13.1. The molecule has 0 aliphatic heterocycles. The first-order valence-electron chi connectivity index (χ1n) is 13.4. The minimum absolute atomic E-state index is 0.0144. The summed E-state index contributed by atoms with van der Waals surface area (Å²) in [7, 11) is -1.20. The molecule has 0 fully saturated rings. The number of hydrogen-bond donors (Lipinski definition) is 1. The largest absolute Gasteiger partial charge is 0.341 e. The molecule has 5 aromatic rings. The van der Waals surface area contributed by atoms with Crippen LogP contribution in [0.2, 0.25) is 0 Å². The van der Waals surface area contributed by atoms with Crippen molar-refractivity contribution < 1.29 is 13.2 Å². The second-order valence-electron chi connectivity index (χ2n) is 10.5. The van der Waals surface area contributed by atoms with Crippen LogP contribution < -0.4 is 15.1 Å². The molecule has 0 atom stereocenters. The zero-order valence-corrected chi connectivity index (χ0v) is 25.1. The monoisotopic (exact) mass is 583 g/mol. The molecule has 0 unspecified atom stereocenters. The number of aryl methyl sites for hydroxylation is 2. The summed E-state index contributed by atoms with van der Waals surface area (Å²) in [6.07, 6.45) is 2.88. The summed E-state index contributed by atoms with van der Waals surface area (Å²) in [4.78, 5) is 30.6. The van der Waals surface area contributed by atoms with E-state index in [2.05, 4.69) is 16.4 Å². The van der Waals surface area contributed by atoms with Crippen LogP contribution in [-0.4, -0.2) is 47.1 Å². The Morgan fingerprint density at radius 1 is 0.952 bits per heavy atom. The predicted molar refractivity (Wildman–Crippen MR) is 167 cm³/mol. The third-order valence-electron chi connectivity index (χ3n) is 6.64. The van der Waals surface area contributed by atoms with Crippen molar-refractivity contribution in [2.24, 2.45) is 0 Å². The van der Waals surface area contributed by atoms with Gasteiger partial charge in [0.1, 0.15) is 5.82 Å². The van der Waals surface area contributed by atoms with Gasteiger partial charge < -0.3 is 10.2 Å². The van der Waals surface area contributed by atoms with Crippen molar-refractivity contribution in [3.05, 3.63) is 95.7 Å². The highest BCUT2D eigenvalue weighted by molar-refractivity contribution is 7.89. The number of anilines is 5. The Labute approximate surface area is 245 Å². The molecule has 10 nitrogen and oxygen atoms in total. The minimum Gasteiger partial charge on any atom is -0.341 e. The van der Waals surface area contributed by atoms with Gasteiger partial charge in [-0.2, -0.15) is 4.98 Å². The lowest BCUT2D eigenvalue weighted by atomic mass is 10.1. The SMILES string of the molecule is CC(=O)N(c1cc(C)cc(C)c1)c1nc2ccccc2n1CN(C)c1ccnc(Nc2ccc(CS(C)(=O)=O)cc2)n1. The van der Waals surface area contributed by atoms with Gasteiger partial charge in [-0.15, -0.1) is 0 Å². The molecule has 0 radical (unpaired) electrons. The standard InChI is InChI=1S/C31H33N7O3S/c1-21-16-22(2)18-26(17-21)38(23(3)39)31-34-27-8-6-7-9-28(27)37(31)20-36(4)29-14-15-32-30(35-29)33-25-12-10-24(11-13-25)19-42(5,40)41/h6-18H,19-20H2,1-5H3,(H,32,33,35). The molecule has 2 aromatic heterocycles. The molecule has 0 aliphatic rings. The van der Waals surface area contributed by atoms with E-state index < -0.39 is 9.84 Å². The molecule has 216 valence electrons. The van der Waals surface area contributed by atoms with Crippen LogP contribution in [0.3, 0.4) is 0 Å². The van der Waals surface area contributed by atoms with Crippen molar-refractivity contribution in [3.8, 4) is 0 Å². The number of hydrogen-bond acceptors (Lipinski definition) is 8. The van der Waals surface area contributed by atoms with Crippen molar-refractivity contribution in [1.29, 1.82) is 0 Å². The number of imidazole rings is 1. The number of rotatable bonds is 9. The number of amides is 1. The molecule has 0 aliphatic carbocycles. The topological polar surface area (TPSA) is 113 Å². The summed E-state index contributed by atoms with van der Waals surface area (Å²) in [6.45, 7) is 5.93. The summed E-state index contributed by atoms with van der Waals surface area (Å²) in [6, 6.07) is 22.8. The van der Waals surface area contributed by atoms with E-state index in [-0.39, 0.29) is 11.7 Å². The smallest absolute Gasteiger partial charge is 0.230 e. The van der Waals surface area contributed by atoms with Crippen LogP contribution in [0.1, 0.15) is 23.6 Å². The van der Waals surface area contributed by atoms with Crippen LogP contribution >= 0.6 is 0 Å². The van der Waals surface area contributed by atoms with Crippen molar-refractivity contribution in [2.75, 3.05) is 28.4 Å². The third kappa shape index (κ3) is 6.58. The molecule has 1 amide bonds. The third-order valence-corrected chi connectivity index (χ3v) is 7.50. The fourth-order valence-electron chi connectivity index (χ4n) is 4.91. The van der Waals surface area contributed by atoms with E-state index in [9.17, 15) is 13.2 Å². The van der Waals surface area contributed by atoms with E-state index in [1.54, 1.807) is 42.3 Å². The summed E-state index contributed by atoms with van der Waals surface area (Å²) < 4.78 is 25.2. The summed E-state index contributed by atoms with van der Waals surface area (Å²) >= 11 is 0. The van der Waals surface area contributed by atoms with Crippen LogP contribution in [0, 0.1) is 13.8 Å². The molecule has 11 heteroatoms. The number of nitrogens with one attached hydrogen (secondary N) is 1. The molecule has 0 saturated heterocycles. The summed E-state index contributed by atoms with van der Waals surface area (Å²) in [5.74, 6) is 1.41. The second kappa shape index (κ2) is 11.6. The Balaban J connectivity index is 1.45. The van der Waals surface area contributed by atoms with Crippen LogP contribution in [0.15, 0.2) is 79.0 Å². The first-order valence-corrected chi connectivity index (χ1v) is 15.4. The number of benzene rings is 3. The van der Waals surface area contributed by atoms with E-state index in [0.717, 1.165) is 33.5 Å². The van der Waals surface area contributed by atoms with E-state index in [4.69, 9.17) is 9.97 Å². The number of aromatic nitrogens is 4. The molecule has 42 heavy (non-hydrogen) atoms. The Morgan fingerprint density at radius 2 is 1.64 bits per heavy atom. The quantitative estimate of drug-likeness (QED) is 0.242. The van der Waals surface area contributed by atoms with Gasteiger partial charge in [-0.1, -0.05) is 30.3 Å². The van der Waals surface area contributed by atoms with Gasteiger partial charge in [0.05, 0.1) is 29.1 Å². The fraction of sp³-hybridized carbons (Fsp3) is 0.226. The lowest BCUT2D eigenvalue weighted by Gasteiger charge is -2.26. The fourth-order valence-corrected chi connectivity index (χ4v) is 5.71. The number of carbonyl (C=O) groups excluding carboxylic acids is 1. The molecular formula is C31H33N7O3S. The highest BCUT2D eigenvalue weighted by atomic mass is 32.2. The van der Waals surface area contributed by atoms with Gasteiger partial charge in [0.2, 0.25) is 17.8 Å². The number of nitrogens with zero attached hydrogens (tertiary/aromatic N) is 6. The summed E-state index contributed by atoms with van der Waals surface area (Å²) in [5, 5.41) is 3.18. The molecule has 2 heterocycles. The number of sulfone groups is 1. The van der Waals surface area contributed by atoms with E-state index >= 15 is 0 Å². The van der Waals surface area contributed by atoms with Crippen LogP contribution in [0.4, 0.5) is 29.1 Å². The van der Waals surface area contributed by atoms with Crippen molar-refractivity contribution in [3.63, 3.8) is 0 Å². The maximum absolute atomic E-state index is 13.1. The van der Waals surface area contributed by atoms with Crippen molar-refractivity contribution in [1.82, 2.24) is 19.5 Å². The number of para-hydroxylation sites is 2. The van der Waals surface area contributed by atoms with Crippen molar-refractivity contribution >= 4 is 55.9 Å². The van der Waals surface area contributed by atoms with Gasteiger partial charge >= 0.3 is 0 Å². The predicted octanol–water partition coefficient (Wildman–Crippen LogP) is 5.51. The normalized spacial score (nSPS) is 11.5. The summed E-state index contributed by atoms with van der Waals surface area (Å²) in [5.41, 5.74) is 5.98. The first kappa shape index (κ1) is 28.7. The molecule has 5 rings (SSSR count). The zero-order chi connectivity index (χ0) is 30.0. The minimum atomic E-state index is -3.11.